The zero-order valence-electron chi connectivity index (χ0n) is 12.0. The molecule has 1 saturated carbocycles. The third kappa shape index (κ3) is 2.45. The molecule has 3 fully saturated rings. The first-order valence-electron chi connectivity index (χ1n) is 8.23. The molecular formula is C16H24BrN3. The Labute approximate surface area is 129 Å². The van der Waals surface area contributed by atoms with E-state index in [2.05, 4.69) is 37.8 Å². The van der Waals surface area contributed by atoms with Crippen LogP contribution in [-0.4, -0.2) is 31.6 Å². The average Bonchev–Trinajstić information content (AvgIpc) is 3.12. The maximum Gasteiger partial charge on any atom is 0.0765 e. The SMILES string of the molecule is BrC1CC2CCC(C1)N2Cc1ccn(C2CCCC2)n1. The largest absolute Gasteiger partial charge is 0.291 e. The van der Waals surface area contributed by atoms with Crippen LogP contribution in [-0.2, 0) is 6.54 Å². The van der Waals surface area contributed by atoms with Crippen molar-refractivity contribution in [1.82, 2.24) is 14.7 Å². The number of halogens is 1. The Morgan fingerprint density at radius 2 is 1.75 bits per heavy atom. The second kappa shape index (κ2) is 5.45. The van der Waals surface area contributed by atoms with Crippen LogP contribution < -0.4 is 0 Å². The van der Waals surface area contributed by atoms with Crippen molar-refractivity contribution >= 4 is 15.9 Å². The summed E-state index contributed by atoms with van der Waals surface area (Å²) < 4.78 is 2.24. The van der Waals surface area contributed by atoms with Crippen LogP contribution >= 0.6 is 15.9 Å². The summed E-state index contributed by atoms with van der Waals surface area (Å²) >= 11 is 3.82. The lowest BCUT2D eigenvalue weighted by Gasteiger charge is -2.36. The molecule has 20 heavy (non-hydrogen) atoms. The molecular weight excluding hydrogens is 314 g/mol. The van der Waals surface area contributed by atoms with Crippen LogP contribution in [0.3, 0.4) is 0 Å². The van der Waals surface area contributed by atoms with Crippen molar-refractivity contribution in [2.24, 2.45) is 0 Å². The molecule has 0 N–H and O–H groups in total. The van der Waals surface area contributed by atoms with Crippen molar-refractivity contribution < 1.29 is 0 Å². The van der Waals surface area contributed by atoms with E-state index in [0.29, 0.717) is 6.04 Å². The molecule has 0 spiro atoms. The standard InChI is InChI=1S/C16H24BrN3/c17-12-9-15-5-6-16(10-12)19(15)11-13-7-8-20(18-13)14-3-1-2-4-14/h7-8,12,14-16H,1-6,9-11H2. The summed E-state index contributed by atoms with van der Waals surface area (Å²) in [6.07, 6.45) is 13.0. The van der Waals surface area contributed by atoms with Gasteiger partial charge in [-0.25, -0.2) is 0 Å². The summed E-state index contributed by atoms with van der Waals surface area (Å²) in [7, 11) is 0. The summed E-state index contributed by atoms with van der Waals surface area (Å²) in [5.74, 6) is 0. The normalized spacial score (nSPS) is 35.0. The smallest absolute Gasteiger partial charge is 0.0765 e. The highest BCUT2D eigenvalue weighted by atomic mass is 79.9. The van der Waals surface area contributed by atoms with E-state index in [9.17, 15) is 0 Å². The molecule has 1 aliphatic carbocycles. The van der Waals surface area contributed by atoms with Crippen LogP contribution in [0.4, 0.5) is 0 Å². The van der Waals surface area contributed by atoms with E-state index in [4.69, 9.17) is 5.10 Å². The van der Waals surface area contributed by atoms with Crippen molar-refractivity contribution in [1.29, 1.82) is 0 Å². The molecule has 2 aliphatic heterocycles. The van der Waals surface area contributed by atoms with Crippen LogP contribution in [0.2, 0.25) is 0 Å². The Balaban J connectivity index is 1.44. The number of nitrogens with zero attached hydrogens (tertiary/aromatic N) is 3. The maximum absolute atomic E-state index is 4.87. The van der Waals surface area contributed by atoms with Gasteiger partial charge in [0.15, 0.2) is 0 Å². The summed E-state index contributed by atoms with van der Waals surface area (Å²) in [4.78, 5) is 3.46. The molecule has 3 nitrogen and oxygen atoms in total. The van der Waals surface area contributed by atoms with E-state index in [1.165, 1.54) is 57.1 Å². The summed E-state index contributed by atoms with van der Waals surface area (Å²) in [6.45, 7) is 1.06. The van der Waals surface area contributed by atoms with E-state index in [0.717, 1.165) is 23.5 Å². The molecule has 2 saturated heterocycles. The van der Waals surface area contributed by atoms with Gasteiger partial charge in [-0.3, -0.25) is 9.58 Å². The molecule has 1 aromatic heterocycles. The van der Waals surface area contributed by atoms with Crippen LogP contribution in [0, 0.1) is 0 Å². The van der Waals surface area contributed by atoms with Crippen molar-refractivity contribution in [3.63, 3.8) is 0 Å². The van der Waals surface area contributed by atoms with E-state index >= 15 is 0 Å². The van der Waals surface area contributed by atoms with Gasteiger partial charge in [0.05, 0.1) is 11.7 Å². The topological polar surface area (TPSA) is 21.1 Å². The molecule has 110 valence electrons. The number of piperidine rings is 1. The van der Waals surface area contributed by atoms with Gasteiger partial charge in [0.1, 0.15) is 0 Å². The van der Waals surface area contributed by atoms with Gasteiger partial charge >= 0.3 is 0 Å². The molecule has 2 atom stereocenters. The fourth-order valence-corrected chi connectivity index (χ4v) is 5.35. The fourth-order valence-electron chi connectivity index (χ4n) is 4.49. The number of hydrogen-bond acceptors (Lipinski definition) is 2. The van der Waals surface area contributed by atoms with Crippen molar-refractivity contribution in [2.45, 2.75) is 80.9 Å². The first kappa shape index (κ1) is 13.3. The number of alkyl halides is 1. The van der Waals surface area contributed by atoms with Gasteiger partial charge in [0.2, 0.25) is 0 Å². The van der Waals surface area contributed by atoms with Crippen LogP contribution in [0.5, 0.6) is 0 Å². The van der Waals surface area contributed by atoms with E-state index < -0.39 is 0 Å². The molecule has 0 radical (unpaired) electrons. The zero-order valence-corrected chi connectivity index (χ0v) is 13.6. The third-order valence-electron chi connectivity index (χ3n) is 5.53. The second-order valence-electron chi connectivity index (χ2n) is 6.85. The number of fused-ring (bicyclic) bond motifs is 2. The molecule has 2 unspecified atom stereocenters. The lowest BCUT2D eigenvalue weighted by atomic mass is 10.0. The van der Waals surface area contributed by atoms with Gasteiger partial charge in [0.25, 0.3) is 0 Å². The summed E-state index contributed by atoms with van der Waals surface area (Å²) in [6, 6.07) is 4.50. The first-order valence-corrected chi connectivity index (χ1v) is 9.15. The van der Waals surface area contributed by atoms with Crippen LogP contribution in [0.25, 0.3) is 0 Å². The average molecular weight is 338 g/mol. The van der Waals surface area contributed by atoms with Crippen molar-refractivity contribution in [3.8, 4) is 0 Å². The Morgan fingerprint density at radius 3 is 2.45 bits per heavy atom. The minimum atomic E-state index is 0.675. The zero-order chi connectivity index (χ0) is 13.5. The lowest BCUT2D eigenvalue weighted by Crippen LogP contribution is -2.42. The monoisotopic (exact) mass is 337 g/mol. The van der Waals surface area contributed by atoms with Gasteiger partial charge in [-0.2, -0.15) is 5.10 Å². The molecule has 4 heteroatoms. The summed E-state index contributed by atoms with van der Waals surface area (Å²) in [5.41, 5.74) is 1.28. The van der Waals surface area contributed by atoms with Gasteiger partial charge < -0.3 is 0 Å². The first-order chi connectivity index (χ1) is 9.79. The van der Waals surface area contributed by atoms with Gasteiger partial charge in [-0.05, 0) is 44.6 Å². The van der Waals surface area contributed by atoms with Gasteiger partial charge in [-0.15, -0.1) is 0 Å². The molecule has 0 amide bonds. The maximum atomic E-state index is 4.87. The molecule has 0 aromatic carbocycles. The van der Waals surface area contributed by atoms with Crippen molar-refractivity contribution in [3.05, 3.63) is 18.0 Å². The highest BCUT2D eigenvalue weighted by Gasteiger charge is 2.39. The number of hydrogen-bond donors (Lipinski definition) is 0. The number of rotatable bonds is 3. The van der Waals surface area contributed by atoms with E-state index in [-0.39, 0.29) is 0 Å². The fraction of sp³-hybridized carbons (Fsp3) is 0.812. The van der Waals surface area contributed by atoms with E-state index in [1.54, 1.807) is 0 Å². The van der Waals surface area contributed by atoms with Gasteiger partial charge in [0, 0.05) is 29.7 Å². The third-order valence-corrected chi connectivity index (χ3v) is 6.28. The summed E-state index contributed by atoms with van der Waals surface area (Å²) in [5, 5.41) is 4.87. The van der Waals surface area contributed by atoms with Crippen molar-refractivity contribution in [2.75, 3.05) is 0 Å². The number of aromatic nitrogens is 2. The molecule has 2 bridgehead atoms. The highest BCUT2D eigenvalue weighted by molar-refractivity contribution is 9.09. The molecule has 1 aromatic rings. The Kier molecular flexibility index (Phi) is 3.63. The Hall–Kier alpha value is -0.350. The van der Waals surface area contributed by atoms with Crippen LogP contribution in [0.15, 0.2) is 12.3 Å². The minimum Gasteiger partial charge on any atom is -0.291 e. The second-order valence-corrected chi connectivity index (χ2v) is 8.15. The highest BCUT2D eigenvalue weighted by Crippen LogP contribution is 2.39. The Morgan fingerprint density at radius 1 is 1.05 bits per heavy atom. The minimum absolute atomic E-state index is 0.675. The Bertz CT molecular complexity index is 452. The van der Waals surface area contributed by atoms with E-state index in [1.807, 2.05) is 0 Å². The van der Waals surface area contributed by atoms with Crippen LogP contribution in [0.1, 0.15) is 63.1 Å². The van der Waals surface area contributed by atoms with Gasteiger partial charge in [-0.1, -0.05) is 28.8 Å². The quantitative estimate of drug-likeness (QED) is 0.780. The lowest BCUT2D eigenvalue weighted by molar-refractivity contribution is 0.134. The predicted molar refractivity (Wildman–Crippen MR) is 84.0 cm³/mol. The molecule has 3 aliphatic rings. The molecule has 3 heterocycles. The molecule has 4 rings (SSSR count). The predicted octanol–water partition coefficient (Wildman–Crippen LogP) is 3.89.